The van der Waals surface area contributed by atoms with E-state index in [9.17, 15) is 4.79 Å². The number of likely N-dealkylation sites (N-methyl/N-ethyl adjacent to an activating group) is 1. The summed E-state index contributed by atoms with van der Waals surface area (Å²) in [6, 6.07) is 0. The summed E-state index contributed by atoms with van der Waals surface area (Å²) in [4.78, 5) is 13.4. The number of nitrogens with zero attached hydrogens (tertiary/aromatic N) is 1. The Hall–Kier alpha value is -0.870. The Kier molecular flexibility index (Phi) is 7.40. The molecule has 1 rings (SSSR count). The van der Waals surface area contributed by atoms with Crippen LogP contribution in [-0.4, -0.2) is 43.7 Å². The van der Waals surface area contributed by atoms with Gasteiger partial charge in [-0.25, -0.2) is 0 Å². The van der Waals surface area contributed by atoms with Crippen molar-refractivity contribution in [1.29, 1.82) is 0 Å². The van der Waals surface area contributed by atoms with E-state index in [1.165, 1.54) is 0 Å². The van der Waals surface area contributed by atoms with E-state index in [0.717, 1.165) is 19.5 Å². The van der Waals surface area contributed by atoms with Gasteiger partial charge in [0.05, 0.1) is 12.7 Å². The van der Waals surface area contributed by atoms with E-state index in [2.05, 4.69) is 49.8 Å². The highest BCUT2D eigenvalue weighted by Crippen LogP contribution is 2.28. The Balaban J connectivity index is 2.44. The summed E-state index contributed by atoms with van der Waals surface area (Å²) in [7, 11) is 1.98. The van der Waals surface area contributed by atoms with Crippen molar-refractivity contribution in [3.63, 3.8) is 0 Å². The molecule has 1 amide bonds. The molecule has 0 bridgehead atoms. The fourth-order valence-corrected chi connectivity index (χ4v) is 3.03. The van der Waals surface area contributed by atoms with E-state index in [1.54, 1.807) is 0 Å². The van der Waals surface area contributed by atoms with E-state index in [-0.39, 0.29) is 12.1 Å². The first-order chi connectivity index (χ1) is 9.86. The molecule has 1 saturated heterocycles. The highest BCUT2D eigenvalue weighted by Gasteiger charge is 2.27. The van der Waals surface area contributed by atoms with Crippen LogP contribution in [0.3, 0.4) is 0 Å². The molecular weight excluding hydrogens is 262 g/mol. The molecule has 1 heterocycles. The number of amides is 1. The maximum atomic E-state index is 11.3. The molecule has 0 aromatic heterocycles. The van der Waals surface area contributed by atoms with Gasteiger partial charge in [0.15, 0.2) is 0 Å². The zero-order valence-corrected chi connectivity index (χ0v) is 14.4. The van der Waals surface area contributed by atoms with Crippen molar-refractivity contribution in [2.24, 2.45) is 23.7 Å². The molecule has 2 N–H and O–H groups in total. The zero-order valence-electron chi connectivity index (χ0n) is 14.4. The van der Waals surface area contributed by atoms with E-state index < -0.39 is 0 Å². The lowest BCUT2D eigenvalue weighted by atomic mass is 9.77. The molecule has 0 radical (unpaired) electrons. The van der Waals surface area contributed by atoms with Crippen LogP contribution < -0.4 is 10.6 Å². The Morgan fingerprint density at radius 2 is 2.05 bits per heavy atom. The molecule has 0 aliphatic carbocycles. The predicted molar refractivity (Wildman–Crippen MR) is 88.9 cm³/mol. The van der Waals surface area contributed by atoms with Crippen molar-refractivity contribution in [2.45, 2.75) is 40.3 Å². The van der Waals surface area contributed by atoms with Crippen LogP contribution in [0.25, 0.3) is 0 Å². The van der Waals surface area contributed by atoms with Gasteiger partial charge < -0.3 is 10.6 Å². The number of rotatable bonds is 9. The van der Waals surface area contributed by atoms with Crippen molar-refractivity contribution in [2.75, 3.05) is 26.7 Å². The second-order valence-corrected chi connectivity index (χ2v) is 6.90. The van der Waals surface area contributed by atoms with Crippen LogP contribution in [0.1, 0.15) is 34.1 Å². The summed E-state index contributed by atoms with van der Waals surface area (Å²) >= 11 is 0. The standard InChI is InChI=1S/C17H33N3O/c1-7-8-15(14(5)13(4)12(2)3)9-18-10-16-19-17(21)11-20(16)6/h7,12-16,18H,1,8-11H2,2-6H3,(H,19,21). The van der Waals surface area contributed by atoms with Gasteiger partial charge >= 0.3 is 0 Å². The number of carbonyl (C=O) groups excluding carboxylic acids is 1. The second-order valence-electron chi connectivity index (χ2n) is 6.90. The molecule has 1 aliphatic rings. The first-order valence-corrected chi connectivity index (χ1v) is 8.18. The predicted octanol–water partition coefficient (Wildman–Crippen LogP) is 2.08. The summed E-state index contributed by atoms with van der Waals surface area (Å²) in [6.07, 6.45) is 3.19. The average Bonchev–Trinajstić information content (AvgIpc) is 2.74. The smallest absolute Gasteiger partial charge is 0.235 e. The molecule has 4 atom stereocenters. The van der Waals surface area contributed by atoms with Gasteiger partial charge in [-0.15, -0.1) is 6.58 Å². The van der Waals surface area contributed by atoms with Gasteiger partial charge in [-0.3, -0.25) is 9.69 Å². The summed E-state index contributed by atoms with van der Waals surface area (Å²) in [5.74, 6) is 2.78. The van der Waals surface area contributed by atoms with Gasteiger partial charge in [0.25, 0.3) is 0 Å². The summed E-state index contributed by atoms with van der Waals surface area (Å²) in [5, 5.41) is 6.52. The lowest BCUT2D eigenvalue weighted by Crippen LogP contribution is -2.44. The first kappa shape index (κ1) is 18.2. The van der Waals surface area contributed by atoms with Gasteiger partial charge in [-0.05, 0) is 43.7 Å². The lowest BCUT2D eigenvalue weighted by molar-refractivity contribution is -0.118. The highest BCUT2D eigenvalue weighted by atomic mass is 16.2. The lowest BCUT2D eigenvalue weighted by Gasteiger charge is -2.31. The number of allylic oxidation sites excluding steroid dienone is 1. The number of nitrogens with one attached hydrogen (secondary N) is 2. The SMILES string of the molecule is C=CCC(CNCC1NC(=O)CN1C)C(C)C(C)C(C)C. The van der Waals surface area contributed by atoms with Crippen LogP contribution in [0, 0.1) is 23.7 Å². The monoisotopic (exact) mass is 295 g/mol. The maximum Gasteiger partial charge on any atom is 0.235 e. The molecule has 0 saturated carbocycles. The Morgan fingerprint density at radius 1 is 1.38 bits per heavy atom. The van der Waals surface area contributed by atoms with Crippen molar-refractivity contribution >= 4 is 5.91 Å². The van der Waals surface area contributed by atoms with E-state index in [0.29, 0.717) is 30.2 Å². The molecule has 4 unspecified atom stereocenters. The number of hydrogen-bond acceptors (Lipinski definition) is 3. The molecule has 1 fully saturated rings. The molecule has 0 aromatic rings. The van der Waals surface area contributed by atoms with Crippen molar-refractivity contribution in [3.05, 3.63) is 12.7 Å². The minimum Gasteiger partial charge on any atom is -0.338 e. The van der Waals surface area contributed by atoms with E-state index >= 15 is 0 Å². The maximum absolute atomic E-state index is 11.3. The van der Waals surface area contributed by atoms with Gasteiger partial charge in [0.1, 0.15) is 0 Å². The fraction of sp³-hybridized carbons (Fsp3) is 0.824. The largest absolute Gasteiger partial charge is 0.338 e. The quantitative estimate of drug-likeness (QED) is 0.640. The molecule has 21 heavy (non-hydrogen) atoms. The normalized spacial score (nSPS) is 23.9. The molecular formula is C17H33N3O. The van der Waals surface area contributed by atoms with Gasteiger partial charge in [-0.1, -0.05) is 33.8 Å². The van der Waals surface area contributed by atoms with Crippen LogP contribution in [0.5, 0.6) is 0 Å². The van der Waals surface area contributed by atoms with Crippen LogP contribution >= 0.6 is 0 Å². The molecule has 0 aromatic carbocycles. The zero-order chi connectivity index (χ0) is 16.0. The summed E-state index contributed by atoms with van der Waals surface area (Å²) in [6.45, 7) is 15.5. The average molecular weight is 295 g/mol. The van der Waals surface area contributed by atoms with Crippen LogP contribution in [0.15, 0.2) is 12.7 Å². The van der Waals surface area contributed by atoms with E-state index in [4.69, 9.17) is 0 Å². The van der Waals surface area contributed by atoms with Gasteiger partial charge in [0, 0.05) is 6.54 Å². The molecule has 0 spiro atoms. The van der Waals surface area contributed by atoms with Crippen molar-refractivity contribution in [1.82, 2.24) is 15.5 Å². The van der Waals surface area contributed by atoms with Crippen LogP contribution in [-0.2, 0) is 4.79 Å². The Morgan fingerprint density at radius 3 is 2.52 bits per heavy atom. The molecule has 1 aliphatic heterocycles. The third-order valence-electron chi connectivity index (χ3n) is 5.09. The molecule has 122 valence electrons. The summed E-state index contributed by atoms with van der Waals surface area (Å²) in [5.41, 5.74) is 0. The Bertz CT molecular complexity index is 343. The number of carbonyl (C=O) groups is 1. The van der Waals surface area contributed by atoms with Gasteiger partial charge in [-0.2, -0.15) is 0 Å². The second kappa shape index (κ2) is 8.54. The van der Waals surface area contributed by atoms with E-state index in [1.807, 2.05) is 13.1 Å². The first-order valence-electron chi connectivity index (χ1n) is 8.18. The van der Waals surface area contributed by atoms with Crippen molar-refractivity contribution in [3.8, 4) is 0 Å². The van der Waals surface area contributed by atoms with Crippen LogP contribution in [0.2, 0.25) is 0 Å². The van der Waals surface area contributed by atoms with Crippen LogP contribution in [0.4, 0.5) is 0 Å². The minimum atomic E-state index is 0.119. The number of hydrogen-bond donors (Lipinski definition) is 2. The third-order valence-corrected chi connectivity index (χ3v) is 5.09. The highest BCUT2D eigenvalue weighted by molar-refractivity contribution is 5.80. The molecule has 4 heteroatoms. The molecule has 4 nitrogen and oxygen atoms in total. The van der Waals surface area contributed by atoms with Crippen molar-refractivity contribution < 1.29 is 4.79 Å². The fourth-order valence-electron chi connectivity index (χ4n) is 3.03. The Labute approximate surface area is 130 Å². The topological polar surface area (TPSA) is 44.4 Å². The minimum absolute atomic E-state index is 0.119. The summed E-state index contributed by atoms with van der Waals surface area (Å²) < 4.78 is 0. The third kappa shape index (κ3) is 5.44. The van der Waals surface area contributed by atoms with Gasteiger partial charge in [0.2, 0.25) is 5.91 Å².